The highest BCUT2D eigenvalue weighted by Crippen LogP contribution is 2.17. The highest BCUT2D eigenvalue weighted by atomic mass is 32.1. The molecule has 0 aliphatic heterocycles. The zero-order valence-corrected chi connectivity index (χ0v) is 7.93. The predicted molar refractivity (Wildman–Crippen MR) is 48.1 cm³/mol. The fraction of sp³-hybridized carbons (Fsp3) is 0.714. The number of rotatable bonds is 3. The molecule has 0 aromatic carbocycles. The van der Waals surface area contributed by atoms with Crippen LogP contribution in [0, 0.1) is 0 Å². The van der Waals surface area contributed by atoms with Crippen LogP contribution in [0.5, 0.6) is 0 Å². The lowest BCUT2D eigenvalue weighted by molar-refractivity contribution is 0.696. The number of aromatic nitrogens is 2. The van der Waals surface area contributed by atoms with E-state index in [2.05, 4.69) is 35.9 Å². The number of nitrogens with zero attached hydrogens (tertiary/aromatic N) is 3. The maximum absolute atomic E-state index is 4.00. The van der Waals surface area contributed by atoms with Crippen molar-refractivity contribution in [3.8, 4) is 0 Å². The van der Waals surface area contributed by atoms with Gasteiger partial charge in [0.2, 0.25) is 5.13 Å². The van der Waals surface area contributed by atoms with Gasteiger partial charge in [0.1, 0.15) is 5.51 Å². The van der Waals surface area contributed by atoms with Gasteiger partial charge in [-0.2, -0.15) is 0 Å². The molecular formula is C7H13N3S. The van der Waals surface area contributed by atoms with Crippen molar-refractivity contribution < 1.29 is 0 Å². The van der Waals surface area contributed by atoms with Crippen molar-refractivity contribution in [3.63, 3.8) is 0 Å². The van der Waals surface area contributed by atoms with E-state index in [-0.39, 0.29) is 0 Å². The largest absolute Gasteiger partial charge is 0.345 e. The summed E-state index contributed by atoms with van der Waals surface area (Å²) < 4.78 is 0. The molecule has 4 heteroatoms. The molecule has 11 heavy (non-hydrogen) atoms. The number of hydrogen-bond acceptors (Lipinski definition) is 4. The average Bonchev–Trinajstić information content (AvgIpc) is 2.40. The topological polar surface area (TPSA) is 29.0 Å². The highest BCUT2D eigenvalue weighted by Gasteiger charge is 2.09. The van der Waals surface area contributed by atoms with Crippen molar-refractivity contribution in [3.05, 3.63) is 5.51 Å². The highest BCUT2D eigenvalue weighted by molar-refractivity contribution is 7.13. The first-order valence-electron chi connectivity index (χ1n) is 3.78. The van der Waals surface area contributed by atoms with E-state index < -0.39 is 0 Å². The third-order valence-electron chi connectivity index (χ3n) is 1.56. The predicted octanol–water partition coefficient (Wildman–Crippen LogP) is 1.77. The van der Waals surface area contributed by atoms with E-state index >= 15 is 0 Å². The third-order valence-corrected chi connectivity index (χ3v) is 2.28. The standard InChI is InChI=1S/C7H13N3S/c1-4-10(6(2)3)7-9-8-5-11-7/h5-6H,4H2,1-3H3. The van der Waals surface area contributed by atoms with Gasteiger partial charge in [0.25, 0.3) is 0 Å². The van der Waals surface area contributed by atoms with Crippen LogP contribution in [0.3, 0.4) is 0 Å². The smallest absolute Gasteiger partial charge is 0.208 e. The van der Waals surface area contributed by atoms with E-state index in [1.807, 2.05) is 0 Å². The van der Waals surface area contributed by atoms with Gasteiger partial charge >= 0.3 is 0 Å². The second-order valence-corrected chi connectivity index (χ2v) is 3.41. The van der Waals surface area contributed by atoms with Crippen molar-refractivity contribution in [2.24, 2.45) is 0 Å². The summed E-state index contributed by atoms with van der Waals surface area (Å²) in [5, 5.41) is 8.82. The first-order chi connectivity index (χ1) is 5.25. The molecule has 0 atom stereocenters. The van der Waals surface area contributed by atoms with Gasteiger partial charge < -0.3 is 4.90 Å². The maximum Gasteiger partial charge on any atom is 0.208 e. The molecular weight excluding hydrogens is 158 g/mol. The molecule has 0 unspecified atom stereocenters. The van der Waals surface area contributed by atoms with Gasteiger partial charge in [-0.1, -0.05) is 11.3 Å². The normalized spacial score (nSPS) is 10.5. The summed E-state index contributed by atoms with van der Waals surface area (Å²) >= 11 is 1.59. The van der Waals surface area contributed by atoms with E-state index in [0.29, 0.717) is 6.04 Å². The van der Waals surface area contributed by atoms with Gasteiger partial charge in [0.15, 0.2) is 0 Å². The van der Waals surface area contributed by atoms with E-state index in [9.17, 15) is 0 Å². The van der Waals surface area contributed by atoms with Crippen LogP contribution in [0.15, 0.2) is 5.51 Å². The molecule has 0 fully saturated rings. The van der Waals surface area contributed by atoms with Crippen LogP contribution in [0.25, 0.3) is 0 Å². The minimum atomic E-state index is 0.507. The maximum atomic E-state index is 4.00. The van der Waals surface area contributed by atoms with Crippen molar-refractivity contribution in [1.82, 2.24) is 10.2 Å². The van der Waals surface area contributed by atoms with Crippen LogP contribution in [0.4, 0.5) is 5.13 Å². The van der Waals surface area contributed by atoms with Gasteiger partial charge in [-0.15, -0.1) is 10.2 Å². The van der Waals surface area contributed by atoms with Crippen LogP contribution in [0.1, 0.15) is 20.8 Å². The van der Waals surface area contributed by atoms with Crippen LogP contribution < -0.4 is 4.90 Å². The second kappa shape index (κ2) is 3.67. The van der Waals surface area contributed by atoms with E-state index in [4.69, 9.17) is 0 Å². The monoisotopic (exact) mass is 171 g/mol. The quantitative estimate of drug-likeness (QED) is 0.694. The molecule has 0 amide bonds. The third kappa shape index (κ3) is 1.89. The van der Waals surface area contributed by atoms with Gasteiger partial charge in [0, 0.05) is 12.6 Å². The number of anilines is 1. The second-order valence-electron chi connectivity index (χ2n) is 2.60. The van der Waals surface area contributed by atoms with Crippen molar-refractivity contribution in [2.45, 2.75) is 26.8 Å². The van der Waals surface area contributed by atoms with E-state index in [1.165, 1.54) is 0 Å². The van der Waals surface area contributed by atoms with Crippen LogP contribution in [0.2, 0.25) is 0 Å². The molecule has 0 radical (unpaired) electrons. The number of hydrogen-bond donors (Lipinski definition) is 0. The molecule has 3 nitrogen and oxygen atoms in total. The van der Waals surface area contributed by atoms with E-state index in [0.717, 1.165) is 11.7 Å². The SMILES string of the molecule is CCN(c1nncs1)C(C)C. The van der Waals surface area contributed by atoms with Crippen LogP contribution in [-0.4, -0.2) is 22.8 Å². The summed E-state index contributed by atoms with van der Waals surface area (Å²) in [5.74, 6) is 0. The Hall–Kier alpha value is -0.640. The lowest BCUT2D eigenvalue weighted by atomic mass is 10.3. The molecule has 0 N–H and O–H groups in total. The fourth-order valence-electron chi connectivity index (χ4n) is 1.01. The molecule has 62 valence electrons. The minimum Gasteiger partial charge on any atom is -0.345 e. The Labute approximate surface area is 71.1 Å². The molecule has 1 aromatic rings. The average molecular weight is 171 g/mol. The molecule has 0 aliphatic rings. The summed E-state index contributed by atoms with van der Waals surface area (Å²) in [5.41, 5.74) is 1.76. The Kier molecular flexibility index (Phi) is 2.82. The van der Waals surface area contributed by atoms with Gasteiger partial charge in [0.05, 0.1) is 0 Å². The summed E-state index contributed by atoms with van der Waals surface area (Å²) in [6.45, 7) is 7.43. The van der Waals surface area contributed by atoms with Gasteiger partial charge in [-0.25, -0.2) is 0 Å². The van der Waals surface area contributed by atoms with Crippen LogP contribution in [-0.2, 0) is 0 Å². The Morgan fingerprint density at radius 1 is 1.64 bits per heavy atom. The molecule has 1 aromatic heterocycles. The first kappa shape index (κ1) is 8.46. The van der Waals surface area contributed by atoms with Crippen LogP contribution >= 0.6 is 11.3 Å². The molecule has 1 heterocycles. The molecule has 0 aliphatic carbocycles. The van der Waals surface area contributed by atoms with E-state index in [1.54, 1.807) is 16.8 Å². The van der Waals surface area contributed by atoms with Crippen molar-refractivity contribution in [1.29, 1.82) is 0 Å². The summed E-state index contributed by atoms with van der Waals surface area (Å²) in [7, 11) is 0. The zero-order valence-electron chi connectivity index (χ0n) is 7.11. The van der Waals surface area contributed by atoms with Crippen molar-refractivity contribution in [2.75, 3.05) is 11.4 Å². The molecule has 0 saturated heterocycles. The lowest BCUT2D eigenvalue weighted by Crippen LogP contribution is -2.30. The Morgan fingerprint density at radius 3 is 2.73 bits per heavy atom. The fourth-order valence-corrected chi connectivity index (χ4v) is 1.77. The molecule has 1 rings (SSSR count). The lowest BCUT2D eigenvalue weighted by Gasteiger charge is -2.23. The van der Waals surface area contributed by atoms with Gasteiger partial charge in [-0.3, -0.25) is 0 Å². The Morgan fingerprint density at radius 2 is 2.36 bits per heavy atom. The first-order valence-corrected chi connectivity index (χ1v) is 4.66. The summed E-state index contributed by atoms with van der Waals surface area (Å²) in [6.07, 6.45) is 0. The Balaban J connectivity index is 2.71. The zero-order chi connectivity index (χ0) is 8.27. The molecule has 0 saturated carbocycles. The molecule has 0 bridgehead atoms. The summed E-state index contributed by atoms with van der Waals surface area (Å²) in [6, 6.07) is 0.507. The van der Waals surface area contributed by atoms with Gasteiger partial charge in [-0.05, 0) is 20.8 Å². The van der Waals surface area contributed by atoms with Crippen molar-refractivity contribution >= 4 is 16.5 Å². The minimum absolute atomic E-state index is 0.507. The Bertz CT molecular complexity index is 195. The molecule has 0 spiro atoms. The summed E-state index contributed by atoms with van der Waals surface area (Å²) in [4.78, 5) is 2.22.